The van der Waals surface area contributed by atoms with Gasteiger partial charge in [-0.05, 0) is 43.7 Å². The SMILES string of the molecule is Cc1c(O)c(-c2ccc3nc(N4CC[C@H](F)C4)ccc3n2)cc2cn(C)nc12. The summed E-state index contributed by atoms with van der Waals surface area (Å²) >= 11 is 0. The largest absolute Gasteiger partial charge is 0.507 e. The lowest BCUT2D eigenvalue weighted by molar-refractivity contribution is 0.364. The molecule has 5 rings (SSSR count). The minimum absolute atomic E-state index is 0.189. The lowest BCUT2D eigenvalue weighted by atomic mass is 10.0. The van der Waals surface area contributed by atoms with E-state index in [1.54, 1.807) is 4.68 Å². The van der Waals surface area contributed by atoms with Crippen molar-refractivity contribution >= 4 is 27.8 Å². The van der Waals surface area contributed by atoms with E-state index in [-0.39, 0.29) is 5.75 Å². The van der Waals surface area contributed by atoms with Gasteiger partial charge in [0.1, 0.15) is 17.7 Å². The molecule has 0 saturated carbocycles. The van der Waals surface area contributed by atoms with Crippen molar-refractivity contribution in [2.45, 2.75) is 19.5 Å². The molecule has 0 spiro atoms. The number of anilines is 1. The number of aromatic nitrogens is 4. The number of hydrogen-bond donors (Lipinski definition) is 1. The first-order valence-electron chi connectivity index (χ1n) is 9.33. The van der Waals surface area contributed by atoms with Crippen molar-refractivity contribution in [3.63, 3.8) is 0 Å². The van der Waals surface area contributed by atoms with Crippen molar-refractivity contribution in [1.29, 1.82) is 0 Å². The van der Waals surface area contributed by atoms with Crippen LogP contribution in [0.25, 0.3) is 33.2 Å². The lowest BCUT2D eigenvalue weighted by Gasteiger charge is -2.16. The first kappa shape index (κ1) is 16.9. The van der Waals surface area contributed by atoms with Crippen molar-refractivity contribution in [3.05, 3.63) is 42.1 Å². The number of pyridine rings is 2. The zero-order valence-electron chi connectivity index (χ0n) is 15.7. The molecule has 4 aromatic rings. The minimum atomic E-state index is -0.786. The Bertz CT molecular complexity index is 1220. The van der Waals surface area contributed by atoms with Crippen LogP contribution in [0.15, 0.2) is 36.5 Å². The Labute approximate surface area is 161 Å². The number of rotatable bonds is 2. The zero-order chi connectivity index (χ0) is 19.4. The second-order valence-electron chi connectivity index (χ2n) is 7.37. The topological polar surface area (TPSA) is 67.1 Å². The summed E-state index contributed by atoms with van der Waals surface area (Å²) in [5, 5.41) is 16.1. The number of aromatic hydroxyl groups is 1. The van der Waals surface area contributed by atoms with E-state index in [0.29, 0.717) is 30.8 Å². The molecule has 0 unspecified atom stereocenters. The second-order valence-corrected chi connectivity index (χ2v) is 7.37. The number of benzene rings is 1. The third-order valence-electron chi connectivity index (χ3n) is 5.38. The Morgan fingerprint density at radius 1 is 1.14 bits per heavy atom. The molecule has 28 heavy (non-hydrogen) atoms. The Hall–Kier alpha value is -3.22. The van der Waals surface area contributed by atoms with E-state index >= 15 is 0 Å². The summed E-state index contributed by atoms with van der Waals surface area (Å²) in [4.78, 5) is 11.3. The van der Waals surface area contributed by atoms with Crippen LogP contribution in [0.1, 0.15) is 12.0 Å². The Morgan fingerprint density at radius 3 is 2.71 bits per heavy atom. The molecule has 1 aliphatic rings. The number of fused-ring (bicyclic) bond motifs is 2. The predicted molar refractivity (Wildman–Crippen MR) is 107 cm³/mol. The average Bonchev–Trinajstić information content (AvgIpc) is 3.29. The second kappa shape index (κ2) is 6.15. The van der Waals surface area contributed by atoms with Crippen molar-refractivity contribution < 1.29 is 9.50 Å². The van der Waals surface area contributed by atoms with Crippen LogP contribution in [0.3, 0.4) is 0 Å². The van der Waals surface area contributed by atoms with Gasteiger partial charge < -0.3 is 10.0 Å². The Morgan fingerprint density at radius 2 is 1.93 bits per heavy atom. The molecule has 3 aromatic heterocycles. The molecular formula is C21H20FN5O. The van der Waals surface area contributed by atoms with Crippen molar-refractivity contribution in [1.82, 2.24) is 19.7 Å². The molecule has 0 aliphatic carbocycles. The van der Waals surface area contributed by atoms with E-state index in [4.69, 9.17) is 4.98 Å². The van der Waals surface area contributed by atoms with Gasteiger partial charge in [-0.25, -0.2) is 14.4 Å². The van der Waals surface area contributed by atoms with E-state index in [9.17, 15) is 9.50 Å². The maximum absolute atomic E-state index is 13.5. The maximum Gasteiger partial charge on any atom is 0.130 e. The Kier molecular flexibility index (Phi) is 3.72. The highest BCUT2D eigenvalue weighted by atomic mass is 19.1. The molecular weight excluding hydrogens is 357 g/mol. The van der Waals surface area contributed by atoms with E-state index in [1.807, 2.05) is 55.4 Å². The quantitative estimate of drug-likeness (QED) is 0.576. The smallest absolute Gasteiger partial charge is 0.130 e. The van der Waals surface area contributed by atoms with Gasteiger partial charge in [-0.2, -0.15) is 5.10 Å². The number of halogens is 1. The Balaban J connectivity index is 1.58. The van der Waals surface area contributed by atoms with Gasteiger partial charge in [-0.3, -0.25) is 4.68 Å². The molecule has 0 radical (unpaired) electrons. The van der Waals surface area contributed by atoms with Crippen LogP contribution >= 0.6 is 0 Å². The van der Waals surface area contributed by atoms with Crippen LogP contribution in [0, 0.1) is 6.92 Å². The fraction of sp³-hybridized carbons (Fsp3) is 0.286. The van der Waals surface area contributed by atoms with Gasteiger partial charge in [0.25, 0.3) is 0 Å². The summed E-state index contributed by atoms with van der Waals surface area (Å²) in [6, 6.07) is 9.45. The molecule has 1 aromatic carbocycles. The van der Waals surface area contributed by atoms with Crippen molar-refractivity contribution in [2.24, 2.45) is 7.05 Å². The molecule has 7 heteroatoms. The average molecular weight is 377 g/mol. The standard InChI is InChI=1S/C21H20FN5O/c1-12-20-13(10-26(2)25-20)9-15(21(12)28)16-3-4-18-17(23-16)5-6-19(24-18)27-8-7-14(22)11-27/h3-6,9-10,14,28H,7-8,11H2,1-2H3/t14-/m0/s1. The highest BCUT2D eigenvalue weighted by Crippen LogP contribution is 2.36. The van der Waals surface area contributed by atoms with Gasteiger partial charge in [0.2, 0.25) is 0 Å². The predicted octanol–water partition coefficient (Wildman–Crippen LogP) is 3.75. The summed E-state index contributed by atoms with van der Waals surface area (Å²) < 4.78 is 15.2. The highest BCUT2D eigenvalue weighted by Gasteiger charge is 2.23. The molecule has 1 N–H and O–H groups in total. The molecule has 0 bridgehead atoms. The van der Waals surface area contributed by atoms with Gasteiger partial charge in [-0.15, -0.1) is 0 Å². The van der Waals surface area contributed by atoms with Crippen molar-refractivity contribution in [3.8, 4) is 17.0 Å². The molecule has 1 aliphatic heterocycles. The summed E-state index contributed by atoms with van der Waals surface area (Å²) in [6.07, 6.45) is 1.69. The van der Waals surface area contributed by atoms with Crippen LogP contribution in [0.5, 0.6) is 5.75 Å². The van der Waals surface area contributed by atoms with Gasteiger partial charge >= 0.3 is 0 Å². The van der Waals surface area contributed by atoms with Gasteiger partial charge in [-0.1, -0.05) is 0 Å². The van der Waals surface area contributed by atoms with E-state index < -0.39 is 6.17 Å². The van der Waals surface area contributed by atoms with Crippen LogP contribution in [0.4, 0.5) is 10.2 Å². The maximum atomic E-state index is 13.5. The summed E-state index contributed by atoms with van der Waals surface area (Å²) in [5.74, 6) is 0.964. The summed E-state index contributed by atoms with van der Waals surface area (Å²) in [5.41, 5.74) is 4.36. The number of alkyl halides is 1. The molecule has 1 saturated heterocycles. The monoisotopic (exact) mass is 377 g/mol. The third kappa shape index (κ3) is 2.66. The molecule has 1 fully saturated rings. The molecule has 6 nitrogen and oxygen atoms in total. The highest BCUT2D eigenvalue weighted by molar-refractivity contribution is 5.91. The molecule has 4 heterocycles. The number of nitrogens with zero attached hydrogens (tertiary/aromatic N) is 5. The minimum Gasteiger partial charge on any atom is -0.507 e. The summed E-state index contributed by atoms with van der Waals surface area (Å²) in [7, 11) is 1.86. The van der Waals surface area contributed by atoms with Crippen LogP contribution in [-0.2, 0) is 7.05 Å². The number of aryl methyl sites for hydroxylation is 2. The molecule has 142 valence electrons. The van der Waals surface area contributed by atoms with Gasteiger partial charge in [0, 0.05) is 36.3 Å². The third-order valence-corrected chi connectivity index (χ3v) is 5.38. The fourth-order valence-corrected chi connectivity index (χ4v) is 3.89. The van der Waals surface area contributed by atoms with E-state index in [0.717, 1.165) is 33.3 Å². The normalized spacial score (nSPS) is 17.1. The molecule has 0 amide bonds. The summed E-state index contributed by atoms with van der Waals surface area (Å²) in [6.45, 7) is 2.93. The van der Waals surface area contributed by atoms with E-state index in [2.05, 4.69) is 10.1 Å². The van der Waals surface area contributed by atoms with Crippen LogP contribution in [0.2, 0.25) is 0 Å². The number of hydrogen-bond acceptors (Lipinski definition) is 5. The van der Waals surface area contributed by atoms with Gasteiger partial charge in [0.05, 0.1) is 28.8 Å². The number of phenolic OH excluding ortho intramolecular Hbond substituents is 1. The lowest BCUT2D eigenvalue weighted by Crippen LogP contribution is -2.20. The first-order valence-corrected chi connectivity index (χ1v) is 9.33. The van der Waals surface area contributed by atoms with E-state index in [1.165, 1.54) is 0 Å². The molecule has 1 atom stereocenters. The van der Waals surface area contributed by atoms with Crippen LogP contribution < -0.4 is 4.90 Å². The zero-order valence-corrected chi connectivity index (χ0v) is 15.7. The number of phenols is 1. The van der Waals surface area contributed by atoms with Gasteiger partial charge in [0.15, 0.2) is 0 Å². The van der Waals surface area contributed by atoms with Crippen LogP contribution in [-0.4, -0.2) is 44.1 Å². The van der Waals surface area contributed by atoms with Crippen molar-refractivity contribution in [2.75, 3.05) is 18.0 Å². The fourth-order valence-electron chi connectivity index (χ4n) is 3.89. The first-order chi connectivity index (χ1) is 13.5.